The van der Waals surface area contributed by atoms with Gasteiger partial charge in [-0.3, -0.25) is 14.5 Å². The number of carboxylic acids is 1. The van der Waals surface area contributed by atoms with Crippen LogP contribution in [-0.4, -0.2) is 41.2 Å². The quantitative estimate of drug-likeness (QED) is 0.210. The second-order valence-corrected chi connectivity index (χ2v) is 12.2. The van der Waals surface area contributed by atoms with Crippen molar-refractivity contribution >= 4 is 22.8 Å². The van der Waals surface area contributed by atoms with Gasteiger partial charge in [-0.15, -0.1) is 0 Å². The standard InChI is InChI=1S/C36H37N5O3/c1-5-27-12-13-30(22(4)38-27)31-15-25(35(42)39-19-26-17-37-41(6-2)33(26)20-39)14-24-16-32(40(34(24)31)18-23-10-11-23)28-8-7-9-29(21(28)3)36(43)44/h7-9,12-17,23H,5-6,10-11,18-20H2,1-4H3,(H,43,44). The van der Waals surface area contributed by atoms with Crippen molar-refractivity contribution in [2.24, 2.45) is 5.92 Å². The van der Waals surface area contributed by atoms with E-state index in [1.165, 1.54) is 12.8 Å². The Kier molecular flexibility index (Phi) is 6.87. The normalized spacial score (nSPS) is 14.4. The second kappa shape index (κ2) is 10.8. The van der Waals surface area contributed by atoms with E-state index in [2.05, 4.69) is 41.7 Å². The number of benzene rings is 2. The smallest absolute Gasteiger partial charge is 0.335 e. The number of carbonyl (C=O) groups excluding carboxylic acids is 1. The molecule has 1 fully saturated rings. The summed E-state index contributed by atoms with van der Waals surface area (Å²) in [7, 11) is 0. The van der Waals surface area contributed by atoms with Gasteiger partial charge >= 0.3 is 5.97 Å². The van der Waals surface area contributed by atoms with Gasteiger partial charge in [-0.1, -0.05) is 25.1 Å². The molecule has 7 rings (SSSR count). The largest absolute Gasteiger partial charge is 0.478 e. The molecule has 224 valence electrons. The number of pyridine rings is 1. The SMILES string of the molecule is CCc1ccc(-c2cc(C(=O)N3Cc4cnn(CC)c4C3)cc3cc(-c4cccc(C(=O)O)c4C)n(CC4CC4)c23)c(C)n1. The summed E-state index contributed by atoms with van der Waals surface area (Å²) in [5.74, 6) is -0.369. The van der Waals surface area contributed by atoms with Crippen molar-refractivity contribution < 1.29 is 14.7 Å². The van der Waals surface area contributed by atoms with Crippen LogP contribution in [0.2, 0.25) is 0 Å². The summed E-state index contributed by atoms with van der Waals surface area (Å²) in [5.41, 5.74) is 10.8. The van der Waals surface area contributed by atoms with E-state index < -0.39 is 5.97 Å². The fourth-order valence-electron chi connectivity index (χ4n) is 6.76. The molecule has 0 spiro atoms. The first kappa shape index (κ1) is 28.1. The third kappa shape index (κ3) is 4.69. The molecule has 1 amide bonds. The third-order valence-electron chi connectivity index (χ3n) is 9.34. The van der Waals surface area contributed by atoms with Crippen LogP contribution in [0.5, 0.6) is 0 Å². The van der Waals surface area contributed by atoms with Crippen molar-refractivity contribution in [2.45, 2.75) is 73.1 Å². The van der Waals surface area contributed by atoms with Crippen molar-refractivity contribution in [3.63, 3.8) is 0 Å². The van der Waals surface area contributed by atoms with E-state index >= 15 is 0 Å². The molecule has 8 heteroatoms. The van der Waals surface area contributed by atoms with Crippen LogP contribution in [0.15, 0.2) is 54.7 Å². The highest BCUT2D eigenvalue weighted by Crippen LogP contribution is 2.42. The molecule has 1 aliphatic carbocycles. The molecule has 5 aromatic rings. The van der Waals surface area contributed by atoms with Gasteiger partial charge in [0.25, 0.3) is 5.91 Å². The lowest BCUT2D eigenvalue weighted by molar-refractivity contribution is 0.0694. The molecule has 0 saturated heterocycles. The number of rotatable bonds is 8. The highest BCUT2D eigenvalue weighted by Gasteiger charge is 2.30. The fraction of sp³-hybridized carbons (Fsp3) is 0.333. The van der Waals surface area contributed by atoms with Crippen molar-refractivity contribution in [2.75, 3.05) is 0 Å². The van der Waals surface area contributed by atoms with E-state index in [1.54, 1.807) is 6.07 Å². The molecule has 4 heterocycles. The van der Waals surface area contributed by atoms with Crippen LogP contribution in [0.4, 0.5) is 0 Å². The van der Waals surface area contributed by atoms with Gasteiger partial charge in [0.15, 0.2) is 0 Å². The molecule has 0 unspecified atom stereocenters. The zero-order valence-electron chi connectivity index (χ0n) is 25.7. The first-order valence-corrected chi connectivity index (χ1v) is 15.6. The number of aromatic nitrogens is 4. The maximum absolute atomic E-state index is 14.2. The van der Waals surface area contributed by atoms with Crippen LogP contribution in [-0.2, 0) is 32.6 Å². The van der Waals surface area contributed by atoms with Gasteiger partial charge in [0.05, 0.1) is 29.5 Å². The molecule has 2 aromatic carbocycles. The molecule has 1 aliphatic heterocycles. The Bertz CT molecular complexity index is 1960. The van der Waals surface area contributed by atoms with Gasteiger partial charge in [-0.2, -0.15) is 5.10 Å². The number of carbonyl (C=O) groups is 2. The molecule has 3 aromatic heterocycles. The Labute approximate surface area is 257 Å². The lowest BCUT2D eigenvalue weighted by atomic mass is 9.97. The Morgan fingerprint density at radius 2 is 1.80 bits per heavy atom. The minimum absolute atomic E-state index is 0.0108. The topological polar surface area (TPSA) is 93.3 Å². The second-order valence-electron chi connectivity index (χ2n) is 12.2. The first-order chi connectivity index (χ1) is 21.3. The molecule has 8 nitrogen and oxygen atoms in total. The van der Waals surface area contributed by atoms with Gasteiger partial charge in [-0.05, 0) is 81.8 Å². The van der Waals surface area contributed by atoms with Gasteiger partial charge in [0.2, 0.25) is 0 Å². The van der Waals surface area contributed by atoms with E-state index in [4.69, 9.17) is 4.98 Å². The van der Waals surface area contributed by atoms with Crippen LogP contribution in [0.1, 0.15) is 75.6 Å². The zero-order chi connectivity index (χ0) is 30.7. The van der Waals surface area contributed by atoms with Crippen molar-refractivity contribution in [1.29, 1.82) is 0 Å². The Morgan fingerprint density at radius 3 is 2.50 bits per heavy atom. The summed E-state index contributed by atoms with van der Waals surface area (Å²) < 4.78 is 4.33. The molecule has 1 saturated carbocycles. The monoisotopic (exact) mass is 587 g/mol. The van der Waals surface area contributed by atoms with Gasteiger partial charge in [0.1, 0.15) is 0 Å². The van der Waals surface area contributed by atoms with Crippen LogP contribution in [0.3, 0.4) is 0 Å². The Morgan fingerprint density at radius 1 is 0.977 bits per heavy atom. The number of fused-ring (bicyclic) bond motifs is 2. The van der Waals surface area contributed by atoms with E-state index in [-0.39, 0.29) is 5.91 Å². The summed E-state index contributed by atoms with van der Waals surface area (Å²) in [6.45, 7) is 10.8. The van der Waals surface area contributed by atoms with Crippen LogP contribution in [0, 0.1) is 19.8 Å². The molecule has 0 atom stereocenters. The molecule has 2 aliphatic rings. The summed E-state index contributed by atoms with van der Waals surface area (Å²) in [5, 5.41) is 15.3. The first-order valence-electron chi connectivity index (χ1n) is 15.6. The van der Waals surface area contributed by atoms with Crippen LogP contribution in [0.25, 0.3) is 33.3 Å². The fourth-order valence-corrected chi connectivity index (χ4v) is 6.76. The number of hydrogen-bond donors (Lipinski definition) is 1. The lowest BCUT2D eigenvalue weighted by Crippen LogP contribution is -2.26. The van der Waals surface area contributed by atoms with Gasteiger partial charge in [0, 0.05) is 69.9 Å². The highest BCUT2D eigenvalue weighted by molar-refractivity contribution is 6.06. The number of aromatic carboxylic acids is 1. The third-order valence-corrected chi connectivity index (χ3v) is 9.34. The van der Waals surface area contributed by atoms with Crippen molar-refractivity contribution in [3.05, 3.63) is 94.1 Å². The molecule has 1 N–H and O–H groups in total. The number of aryl methyl sites for hydroxylation is 3. The van der Waals surface area contributed by atoms with E-state index in [9.17, 15) is 14.7 Å². The summed E-state index contributed by atoms with van der Waals surface area (Å²) in [4.78, 5) is 33.0. The summed E-state index contributed by atoms with van der Waals surface area (Å²) in [6, 6.07) is 15.9. The number of hydrogen-bond acceptors (Lipinski definition) is 4. The predicted molar refractivity (Wildman–Crippen MR) is 171 cm³/mol. The molecule has 0 bridgehead atoms. The average molecular weight is 588 g/mol. The van der Waals surface area contributed by atoms with Crippen molar-refractivity contribution in [1.82, 2.24) is 24.2 Å². The van der Waals surface area contributed by atoms with E-state index in [0.29, 0.717) is 30.1 Å². The Balaban J connectivity index is 1.44. The van der Waals surface area contributed by atoms with E-state index in [1.807, 2.05) is 53.9 Å². The molecule has 44 heavy (non-hydrogen) atoms. The minimum atomic E-state index is -0.932. The predicted octanol–water partition coefficient (Wildman–Crippen LogP) is 7.03. The molecular weight excluding hydrogens is 550 g/mol. The highest BCUT2D eigenvalue weighted by atomic mass is 16.4. The maximum Gasteiger partial charge on any atom is 0.335 e. The van der Waals surface area contributed by atoms with Gasteiger partial charge < -0.3 is 14.6 Å². The Hall–Kier alpha value is -4.72. The molecule has 0 radical (unpaired) electrons. The average Bonchev–Trinajstić information content (AvgIpc) is 3.44. The van der Waals surface area contributed by atoms with E-state index in [0.717, 1.165) is 81.0 Å². The summed E-state index contributed by atoms with van der Waals surface area (Å²) in [6.07, 6.45) is 5.08. The minimum Gasteiger partial charge on any atom is -0.478 e. The van der Waals surface area contributed by atoms with Crippen LogP contribution < -0.4 is 0 Å². The lowest BCUT2D eigenvalue weighted by Gasteiger charge is -2.19. The number of nitrogens with zero attached hydrogens (tertiary/aromatic N) is 5. The van der Waals surface area contributed by atoms with Gasteiger partial charge in [-0.25, -0.2) is 4.79 Å². The van der Waals surface area contributed by atoms with Crippen molar-refractivity contribution in [3.8, 4) is 22.4 Å². The number of carboxylic acid groups (broad SMARTS) is 1. The maximum atomic E-state index is 14.2. The zero-order valence-corrected chi connectivity index (χ0v) is 25.7. The van der Waals surface area contributed by atoms with Crippen LogP contribution >= 0.6 is 0 Å². The summed E-state index contributed by atoms with van der Waals surface area (Å²) >= 11 is 0. The molecular formula is C36H37N5O3. The number of amides is 1.